The van der Waals surface area contributed by atoms with E-state index in [4.69, 9.17) is 10.5 Å². The van der Waals surface area contributed by atoms with E-state index in [-0.39, 0.29) is 23.8 Å². The van der Waals surface area contributed by atoms with Gasteiger partial charge in [-0.15, -0.1) is 0 Å². The van der Waals surface area contributed by atoms with Gasteiger partial charge >= 0.3 is 6.09 Å². The van der Waals surface area contributed by atoms with Gasteiger partial charge in [-0.2, -0.15) is 0 Å². The highest BCUT2D eigenvalue weighted by Gasteiger charge is 2.22. The van der Waals surface area contributed by atoms with Gasteiger partial charge in [-0.3, -0.25) is 5.32 Å². The molecule has 0 atom stereocenters. The lowest BCUT2D eigenvalue weighted by Crippen LogP contribution is -2.31. The number of benzene rings is 2. The zero-order chi connectivity index (χ0) is 18.0. The molecule has 1 amide bonds. The molecule has 1 aliphatic rings. The van der Waals surface area contributed by atoms with Gasteiger partial charge in [0.2, 0.25) is 0 Å². The maximum Gasteiger partial charge on any atom is 0.411 e. The van der Waals surface area contributed by atoms with Gasteiger partial charge in [0, 0.05) is 13.1 Å². The van der Waals surface area contributed by atoms with Gasteiger partial charge in [-0.25, -0.2) is 13.6 Å². The van der Waals surface area contributed by atoms with Crippen LogP contribution in [-0.4, -0.2) is 19.2 Å². The Morgan fingerprint density at radius 2 is 2.08 bits per heavy atom. The molecule has 1 aliphatic heterocycles. The highest BCUT2D eigenvalue weighted by Crippen LogP contribution is 2.33. The molecule has 3 N–H and O–H groups in total. The third-order valence-corrected chi connectivity index (χ3v) is 4.19. The van der Waals surface area contributed by atoms with E-state index in [2.05, 4.69) is 5.32 Å². The summed E-state index contributed by atoms with van der Waals surface area (Å²) in [7, 11) is 0. The Hall–Kier alpha value is -2.83. The van der Waals surface area contributed by atoms with Crippen LogP contribution in [0.1, 0.15) is 18.1 Å². The third-order valence-electron chi connectivity index (χ3n) is 4.19. The van der Waals surface area contributed by atoms with Crippen molar-refractivity contribution < 1.29 is 18.3 Å². The van der Waals surface area contributed by atoms with E-state index in [9.17, 15) is 13.6 Å². The summed E-state index contributed by atoms with van der Waals surface area (Å²) < 4.78 is 32.8. The normalized spacial score (nSPS) is 13.3. The molecule has 0 spiro atoms. The molecule has 5 nitrogen and oxygen atoms in total. The maximum absolute atomic E-state index is 14.7. The minimum absolute atomic E-state index is 0.143. The summed E-state index contributed by atoms with van der Waals surface area (Å²) >= 11 is 0. The number of nitrogens with zero attached hydrogens (tertiary/aromatic N) is 1. The molecule has 0 aromatic heterocycles. The molecule has 0 saturated heterocycles. The summed E-state index contributed by atoms with van der Waals surface area (Å²) in [5.41, 5.74) is 8.09. The number of ether oxygens (including phenoxy) is 1. The summed E-state index contributed by atoms with van der Waals surface area (Å²) in [4.78, 5) is 13.3. The standard InChI is InChI=1S/C18H19F2N3O2/c1-2-25-18(24)22-14-5-6-15(16(20)17(14)21)23-8-7-11-9-13(19)4-3-12(11)10-23/h3-6,9H,2,7-8,10,21H2,1H3,(H,22,24). The van der Waals surface area contributed by atoms with Gasteiger partial charge in [0.25, 0.3) is 0 Å². The Morgan fingerprint density at radius 3 is 2.84 bits per heavy atom. The summed E-state index contributed by atoms with van der Waals surface area (Å²) in [6, 6.07) is 7.75. The van der Waals surface area contributed by atoms with Crippen LogP contribution in [0.3, 0.4) is 0 Å². The Bertz CT molecular complexity index is 811. The molecule has 25 heavy (non-hydrogen) atoms. The second-order valence-corrected chi connectivity index (χ2v) is 5.79. The first kappa shape index (κ1) is 17.0. The molecule has 0 radical (unpaired) electrons. The van der Waals surface area contributed by atoms with Crippen molar-refractivity contribution in [3.63, 3.8) is 0 Å². The number of amides is 1. The molecule has 0 saturated carbocycles. The molecular formula is C18H19F2N3O2. The van der Waals surface area contributed by atoms with Gasteiger partial charge in [0.15, 0.2) is 5.82 Å². The SMILES string of the molecule is CCOC(=O)Nc1ccc(N2CCc3cc(F)ccc3C2)c(F)c1N. The first-order chi connectivity index (χ1) is 12.0. The molecule has 0 fully saturated rings. The van der Waals surface area contributed by atoms with Crippen molar-refractivity contribution in [2.75, 3.05) is 29.1 Å². The van der Waals surface area contributed by atoms with E-state index in [1.807, 2.05) is 4.90 Å². The number of rotatable bonds is 3. The van der Waals surface area contributed by atoms with Crippen LogP contribution in [-0.2, 0) is 17.7 Å². The van der Waals surface area contributed by atoms with Gasteiger partial charge in [-0.1, -0.05) is 6.07 Å². The van der Waals surface area contributed by atoms with Crippen LogP contribution in [0, 0.1) is 11.6 Å². The Kier molecular flexibility index (Phi) is 4.74. The van der Waals surface area contributed by atoms with Crippen LogP contribution in [0.5, 0.6) is 0 Å². The van der Waals surface area contributed by atoms with E-state index in [1.54, 1.807) is 25.1 Å². The zero-order valence-electron chi connectivity index (χ0n) is 13.8. The summed E-state index contributed by atoms with van der Waals surface area (Å²) in [6.07, 6.45) is -0.0646. The predicted octanol–water partition coefficient (Wildman–Crippen LogP) is 3.68. The van der Waals surface area contributed by atoms with Crippen LogP contribution >= 0.6 is 0 Å². The lowest BCUT2D eigenvalue weighted by molar-refractivity contribution is 0.168. The van der Waals surface area contributed by atoms with Crippen molar-refractivity contribution in [1.29, 1.82) is 0 Å². The number of fused-ring (bicyclic) bond motifs is 1. The van der Waals surface area contributed by atoms with Crippen LogP contribution in [0.2, 0.25) is 0 Å². The fourth-order valence-corrected chi connectivity index (χ4v) is 2.94. The average molecular weight is 347 g/mol. The van der Waals surface area contributed by atoms with E-state index in [0.29, 0.717) is 25.2 Å². The number of hydrogen-bond acceptors (Lipinski definition) is 4. The monoisotopic (exact) mass is 347 g/mol. The number of nitrogens with two attached hydrogens (primary N) is 1. The second-order valence-electron chi connectivity index (χ2n) is 5.79. The number of nitrogen functional groups attached to an aromatic ring is 1. The van der Waals surface area contributed by atoms with Crippen LogP contribution < -0.4 is 16.0 Å². The smallest absolute Gasteiger partial charge is 0.411 e. The number of carbonyl (C=O) groups excluding carboxylic acids is 1. The average Bonchev–Trinajstić information content (AvgIpc) is 2.59. The van der Waals surface area contributed by atoms with Crippen molar-refractivity contribution in [2.45, 2.75) is 19.9 Å². The minimum Gasteiger partial charge on any atom is -0.450 e. The summed E-state index contributed by atoms with van der Waals surface area (Å²) in [6.45, 7) is 2.90. The summed E-state index contributed by atoms with van der Waals surface area (Å²) in [5.74, 6) is -0.864. The van der Waals surface area contributed by atoms with Crippen molar-refractivity contribution in [3.8, 4) is 0 Å². The zero-order valence-corrected chi connectivity index (χ0v) is 13.8. The van der Waals surface area contributed by atoms with E-state index in [1.165, 1.54) is 12.1 Å². The number of nitrogens with one attached hydrogen (secondary N) is 1. The van der Waals surface area contributed by atoms with Crippen molar-refractivity contribution in [3.05, 3.63) is 53.1 Å². The fraction of sp³-hybridized carbons (Fsp3) is 0.278. The van der Waals surface area contributed by atoms with Gasteiger partial charge in [0.05, 0.1) is 23.7 Å². The minimum atomic E-state index is -0.685. The molecule has 2 aromatic rings. The molecule has 0 bridgehead atoms. The van der Waals surface area contributed by atoms with Crippen LogP contribution in [0.15, 0.2) is 30.3 Å². The lowest BCUT2D eigenvalue weighted by atomic mass is 9.99. The first-order valence-corrected chi connectivity index (χ1v) is 8.03. The number of anilines is 3. The van der Waals surface area contributed by atoms with Gasteiger partial charge < -0.3 is 15.4 Å². The fourth-order valence-electron chi connectivity index (χ4n) is 2.94. The maximum atomic E-state index is 14.7. The molecule has 2 aromatic carbocycles. The molecular weight excluding hydrogens is 328 g/mol. The number of hydrogen-bond donors (Lipinski definition) is 2. The quantitative estimate of drug-likeness (QED) is 0.831. The van der Waals surface area contributed by atoms with Gasteiger partial charge in [-0.05, 0) is 48.7 Å². The second kappa shape index (κ2) is 6.96. The number of carbonyl (C=O) groups is 1. The lowest BCUT2D eigenvalue weighted by Gasteiger charge is -2.31. The van der Waals surface area contributed by atoms with Crippen molar-refractivity contribution in [2.24, 2.45) is 0 Å². The Morgan fingerprint density at radius 1 is 1.28 bits per heavy atom. The van der Waals surface area contributed by atoms with Gasteiger partial charge in [0.1, 0.15) is 5.82 Å². The van der Waals surface area contributed by atoms with E-state index < -0.39 is 11.9 Å². The van der Waals surface area contributed by atoms with Crippen LogP contribution in [0.25, 0.3) is 0 Å². The van der Waals surface area contributed by atoms with Crippen molar-refractivity contribution in [1.82, 2.24) is 0 Å². The Labute approximate surface area is 144 Å². The molecule has 132 valence electrons. The van der Waals surface area contributed by atoms with E-state index in [0.717, 1.165) is 11.1 Å². The molecule has 0 aliphatic carbocycles. The molecule has 7 heteroatoms. The highest BCUT2D eigenvalue weighted by atomic mass is 19.1. The molecule has 3 rings (SSSR count). The number of halogens is 2. The molecule has 1 heterocycles. The Balaban J connectivity index is 1.83. The summed E-state index contributed by atoms with van der Waals surface area (Å²) in [5, 5.41) is 2.42. The van der Waals surface area contributed by atoms with Crippen LogP contribution in [0.4, 0.5) is 30.6 Å². The van der Waals surface area contributed by atoms with E-state index >= 15 is 0 Å². The third kappa shape index (κ3) is 3.50. The van der Waals surface area contributed by atoms with Crippen molar-refractivity contribution >= 4 is 23.2 Å². The first-order valence-electron chi connectivity index (χ1n) is 8.03. The highest BCUT2D eigenvalue weighted by molar-refractivity contribution is 5.90. The molecule has 0 unspecified atom stereocenters. The largest absolute Gasteiger partial charge is 0.450 e. The topological polar surface area (TPSA) is 67.6 Å². The predicted molar refractivity (Wildman–Crippen MR) is 92.6 cm³/mol.